The number of hydrogen-bond donors (Lipinski definition) is 1. The van der Waals surface area contributed by atoms with Crippen molar-refractivity contribution < 1.29 is 19.1 Å². The molecule has 3 heterocycles. The summed E-state index contributed by atoms with van der Waals surface area (Å²) in [6.07, 6.45) is 0.308. The van der Waals surface area contributed by atoms with Gasteiger partial charge in [0.15, 0.2) is 0 Å². The molecule has 1 aromatic heterocycles. The van der Waals surface area contributed by atoms with Crippen molar-refractivity contribution in [2.45, 2.75) is 57.3 Å². The number of nitriles is 2. The highest BCUT2D eigenvalue weighted by Gasteiger charge is 2.51. The Morgan fingerprint density at radius 2 is 1.94 bits per heavy atom. The number of carbonyl (C=O) groups is 2. The molecule has 35 heavy (non-hydrogen) atoms. The highest BCUT2D eigenvalue weighted by atomic mass is 32.1. The predicted octanol–water partition coefficient (Wildman–Crippen LogP) is 3.86. The molecule has 2 aliphatic heterocycles. The lowest BCUT2D eigenvalue weighted by molar-refractivity contribution is -0.126. The third-order valence-electron chi connectivity index (χ3n) is 6.13. The minimum absolute atomic E-state index is 0.0751. The Morgan fingerprint density at radius 3 is 2.60 bits per heavy atom. The highest BCUT2D eigenvalue weighted by molar-refractivity contribution is 7.15. The number of nitrogens with zero attached hydrogens (tertiary/aromatic N) is 3. The van der Waals surface area contributed by atoms with Gasteiger partial charge in [0, 0.05) is 22.1 Å². The van der Waals surface area contributed by atoms with Crippen LogP contribution in [0.1, 0.15) is 37.6 Å². The Balaban J connectivity index is 1.43. The van der Waals surface area contributed by atoms with Crippen LogP contribution >= 0.6 is 11.3 Å². The molecule has 2 saturated heterocycles. The Hall–Kier alpha value is -3.40. The lowest BCUT2D eigenvalue weighted by Crippen LogP contribution is -2.52. The van der Waals surface area contributed by atoms with E-state index < -0.39 is 23.8 Å². The van der Waals surface area contributed by atoms with Gasteiger partial charge in [-0.3, -0.25) is 9.69 Å². The molecule has 8 nitrogen and oxygen atoms in total. The van der Waals surface area contributed by atoms with Crippen molar-refractivity contribution in [3.8, 4) is 22.6 Å². The summed E-state index contributed by atoms with van der Waals surface area (Å²) in [4.78, 5) is 29.6. The maximum absolute atomic E-state index is 13.2. The molecule has 2 amide bonds. The van der Waals surface area contributed by atoms with Gasteiger partial charge in [-0.15, -0.1) is 11.3 Å². The number of amides is 2. The number of thiophene rings is 1. The van der Waals surface area contributed by atoms with Crippen LogP contribution in [0.4, 0.5) is 4.79 Å². The zero-order valence-electron chi connectivity index (χ0n) is 20.0. The molecule has 1 N–H and O–H groups in total. The third-order valence-corrected chi connectivity index (χ3v) is 7.29. The van der Waals surface area contributed by atoms with Crippen molar-refractivity contribution >= 4 is 23.3 Å². The van der Waals surface area contributed by atoms with E-state index in [4.69, 9.17) is 14.7 Å². The number of nitrogens with one attached hydrogen (secondary N) is 1. The number of ether oxygens (including phenoxy) is 2. The number of fused-ring (bicyclic) bond motifs is 1. The van der Waals surface area contributed by atoms with Gasteiger partial charge in [0.25, 0.3) is 0 Å². The van der Waals surface area contributed by atoms with E-state index in [1.165, 1.54) is 4.90 Å². The van der Waals surface area contributed by atoms with Crippen LogP contribution in [-0.4, -0.2) is 53.8 Å². The monoisotopic (exact) mass is 492 g/mol. The Labute approximate surface area is 209 Å². The lowest BCUT2D eigenvalue weighted by Gasteiger charge is -2.31. The van der Waals surface area contributed by atoms with Gasteiger partial charge in [-0.2, -0.15) is 10.5 Å². The van der Waals surface area contributed by atoms with Crippen molar-refractivity contribution in [1.29, 1.82) is 10.5 Å². The fourth-order valence-corrected chi connectivity index (χ4v) is 5.57. The molecule has 0 spiro atoms. The zero-order valence-corrected chi connectivity index (χ0v) is 20.8. The van der Waals surface area contributed by atoms with Crippen molar-refractivity contribution in [2.75, 3.05) is 13.2 Å². The SMILES string of the molecule is CC(C)(C)OC(=O)N1[C@H](C(=O)N[C@H](C#N)Cc2ccc(-c3ccc(C#N)cc3)s2)C[C@@H]2COC[C@@H]21. The third kappa shape index (κ3) is 5.64. The first kappa shape index (κ1) is 24.7. The van der Waals surface area contributed by atoms with Crippen LogP contribution in [0.5, 0.6) is 0 Å². The summed E-state index contributed by atoms with van der Waals surface area (Å²) in [5.41, 5.74) is 0.905. The average Bonchev–Trinajstić information content (AvgIpc) is 3.53. The number of rotatable bonds is 5. The molecule has 4 atom stereocenters. The summed E-state index contributed by atoms with van der Waals surface area (Å²) in [6, 6.07) is 13.9. The standard InChI is InChI=1S/C26H28N4O4S/c1-26(2,3)34-25(32)30-21(10-18-14-33-15-22(18)30)24(31)29-19(13-28)11-20-8-9-23(35-20)17-6-4-16(12-27)5-7-17/h4-9,18-19,21-22H,10-11,14-15H2,1-3H3,(H,29,31)/t18-,19+,21+,22+/m1/s1. The molecular formula is C26H28N4O4S. The lowest BCUT2D eigenvalue weighted by atomic mass is 10.0. The average molecular weight is 493 g/mol. The van der Waals surface area contributed by atoms with Crippen LogP contribution in [0.3, 0.4) is 0 Å². The number of hydrogen-bond acceptors (Lipinski definition) is 7. The maximum atomic E-state index is 13.2. The Kier molecular flexibility index (Phi) is 7.11. The topological polar surface area (TPSA) is 115 Å². The van der Waals surface area contributed by atoms with Gasteiger partial charge in [0.05, 0.1) is 37.0 Å². The quantitative estimate of drug-likeness (QED) is 0.678. The fraction of sp³-hybridized carbons (Fsp3) is 0.462. The zero-order chi connectivity index (χ0) is 25.2. The van der Waals surface area contributed by atoms with Gasteiger partial charge in [-0.05, 0) is 57.0 Å². The van der Waals surface area contributed by atoms with E-state index in [0.717, 1.165) is 15.3 Å². The molecule has 182 valence electrons. The van der Waals surface area contributed by atoms with E-state index in [2.05, 4.69) is 17.5 Å². The second-order valence-corrected chi connectivity index (χ2v) is 11.0. The van der Waals surface area contributed by atoms with Crippen LogP contribution in [0.2, 0.25) is 0 Å². The number of benzene rings is 1. The van der Waals surface area contributed by atoms with E-state index >= 15 is 0 Å². The minimum Gasteiger partial charge on any atom is -0.444 e. The van der Waals surface area contributed by atoms with E-state index in [0.29, 0.717) is 31.6 Å². The number of likely N-dealkylation sites (tertiary alicyclic amines) is 1. The Bertz CT molecular complexity index is 1170. The summed E-state index contributed by atoms with van der Waals surface area (Å²) in [7, 11) is 0. The maximum Gasteiger partial charge on any atom is 0.411 e. The second-order valence-electron chi connectivity index (χ2n) is 9.85. The van der Waals surface area contributed by atoms with E-state index in [9.17, 15) is 14.9 Å². The van der Waals surface area contributed by atoms with Crippen LogP contribution in [-0.2, 0) is 20.7 Å². The first-order valence-electron chi connectivity index (χ1n) is 11.6. The van der Waals surface area contributed by atoms with Crippen LogP contribution in [0.25, 0.3) is 10.4 Å². The molecule has 0 radical (unpaired) electrons. The van der Waals surface area contributed by atoms with Crippen LogP contribution in [0.15, 0.2) is 36.4 Å². The predicted molar refractivity (Wildman–Crippen MR) is 130 cm³/mol. The summed E-state index contributed by atoms with van der Waals surface area (Å²) in [5, 5.41) is 21.5. The molecule has 9 heteroatoms. The minimum atomic E-state index is -0.729. The van der Waals surface area contributed by atoms with Crippen LogP contribution < -0.4 is 5.32 Å². The molecule has 2 fully saturated rings. The van der Waals surface area contributed by atoms with Crippen LogP contribution in [0, 0.1) is 28.6 Å². The van der Waals surface area contributed by atoms with Gasteiger partial charge in [-0.1, -0.05) is 12.1 Å². The first-order valence-corrected chi connectivity index (χ1v) is 12.4. The molecule has 4 rings (SSSR count). The summed E-state index contributed by atoms with van der Waals surface area (Å²) < 4.78 is 11.1. The van der Waals surface area contributed by atoms with Crippen molar-refractivity contribution in [3.63, 3.8) is 0 Å². The van der Waals surface area contributed by atoms with Gasteiger partial charge in [-0.25, -0.2) is 4.79 Å². The Morgan fingerprint density at radius 1 is 1.20 bits per heavy atom. The molecule has 0 unspecified atom stereocenters. The molecule has 2 aromatic rings. The smallest absolute Gasteiger partial charge is 0.411 e. The first-order chi connectivity index (χ1) is 16.7. The second kappa shape index (κ2) is 10.1. The molecule has 2 aliphatic rings. The van der Waals surface area contributed by atoms with Gasteiger partial charge in [0.2, 0.25) is 5.91 Å². The van der Waals surface area contributed by atoms with Gasteiger partial charge >= 0.3 is 6.09 Å². The molecule has 0 aliphatic carbocycles. The van der Waals surface area contributed by atoms with E-state index in [1.54, 1.807) is 44.2 Å². The highest BCUT2D eigenvalue weighted by Crippen LogP contribution is 2.36. The molecule has 1 aromatic carbocycles. The van der Waals surface area contributed by atoms with Crippen molar-refractivity contribution in [1.82, 2.24) is 10.2 Å². The molecule has 0 bridgehead atoms. The largest absolute Gasteiger partial charge is 0.444 e. The van der Waals surface area contributed by atoms with Gasteiger partial charge < -0.3 is 14.8 Å². The number of carbonyl (C=O) groups excluding carboxylic acids is 2. The molecule has 0 saturated carbocycles. The summed E-state index contributed by atoms with van der Waals surface area (Å²) in [6.45, 7) is 6.25. The summed E-state index contributed by atoms with van der Waals surface area (Å²) >= 11 is 1.54. The van der Waals surface area contributed by atoms with Gasteiger partial charge in [0.1, 0.15) is 17.7 Å². The molecular weight excluding hydrogens is 464 g/mol. The van der Waals surface area contributed by atoms with Crippen molar-refractivity contribution in [2.24, 2.45) is 5.92 Å². The van der Waals surface area contributed by atoms with E-state index in [1.807, 2.05) is 24.3 Å². The summed E-state index contributed by atoms with van der Waals surface area (Å²) in [5.74, 6) is -0.272. The fourth-order valence-electron chi connectivity index (χ4n) is 4.51. The van der Waals surface area contributed by atoms with Crippen molar-refractivity contribution in [3.05, 3.63) is 46.8 Å². The van der Waals surface area contributed by atoms with E-state index in [-0.39, 0.29) is 17.9 Å². The normalized spacial score (nSPS) is 22.1.